The van der Waals surface area contributed by atoms with E-state index in [9.17, 15) is 14.4 Å². The molecule has 0 saturated carbocycles. The van der Waals surface area contributed by atoms with Crippen molar-refractivity contribution in [2.24, 2.45) is 5.41 Å². The second-order valence-corrected chi connectivity index (χ2v) is 8.59. The highest BCUT2D eigenvalue weighted by Gasteiger charge is 2.31. The normalized spacial score (nSPS) is 12.4. The number of esters is 1. The summed E-state index contributed by atoms with van der Waals surface area (Å²) in [6.07, 6.45) is 3.30. The first kappa shape index (κ1) is 21.4. The summed E-state index contributed by atoms with van der Waals surface area (Å²) in [6.45, 7) is 5.96. The van der Waals surface area contributed by atoms with Crippen molar-refractivity contribution in [3.8, 4) is 5.69 Å². The number of hydrogen-bond acceptors (Lipinski definition) is 7. The van der Waals surface area contributed by atoms with Crippen molar-refractivity contribution in [3.05, 3.63) is 62.5 Å². The molecule has 1 unspecified atom stereocenters. The van der Waals surface area contributed by atoms with Gasteiger partial charge in [0.25, 0.3) is 0 Å². The van der Waals surface area contributed by atoms with Crippen LogP contribution in [0.4, 0.5) is 0 Å². The minimum Gasteiger partial charge on any atom is -0.465 e. The Labute approximate surface area is 177 Å². The Balaban J connectivity index is 1.80. The van der Waals surface area contributed by atoms with Crippen molar-refractivity contribution in [2.75, 3.05) is 7.11 Å². The van der Waals surface area contributed by atoms with Crippen LogP contribution in [-0.4, -0.2) is 39.0 Å². The maximum atomic E-state index is 12.8. The first-order valence-corrected chi connectivity index (χ1v) is 10.2. The summed E-state index contributed by atoms with van der Waals surface area (Å²) in [5.74, 6) is -0.702. The van der Waals surface area contributed by atoms with Gasteiger partial charge in [0.2, 0.25) is 11.5 Å². The fourth-order valence-electron chi connectivity index (χ4n) is 2.95. The lowest BCUT2D eigenvalue weighted by molar-refractivity contribution is -0.122. The first-order valence-electron chi connectivity index (χ1n) is 9.23. The zero-order chi connectivity index (χ0) is 21.9. The molecular formula is C20H23N5O4S. The van der Waals surface area contributed by atoms with Crippen molar-refractivity contribution < 1.29 is 14.3 Å². The Kier molecular flexibility index (Phi) is 6.16. The van der Waals surface area contributed by atoms with Crippen LogP contribution in [0.1, 0.15) is 48.4 Å². The van der Waals surface area contributed by atoms with E-state index in [0.29, 0.717) is 22.5 Å². The number of amides is 1. The molecular weight excluding hydrogens is 406 g/mol. The van der Waals surface area contributed by atoms with Crippen molar-refractivity contribution in [1.29, 1.82) is 0 Å². The molecule has 3 aromatic heterocycles. The first-order chi connectivity index (χ1) is 14.2. The van der Waals surface area contributed by atoms with E-state index in [1.807, 2.05) is 20.8 Å². The summed E-state index contributed by atoms with van der Waals surface area (Å²) >= 11 is 1.34. The largest absolute Gasteiger partial charge is 0.465 e. The molecule has 0 spiro atoms. The van der Waals surface area contributed by atoms with Gasteiger partial charge in [0, 0.05) is 17.6 Å². The van der Waals surface area contributed by atoms with Crippen LogP contribution in [0, 0.1) is 5.41 Å². The molecule has 0 aromatic carbocycles. The molecule has 10 heteroatoms. The molecule has 3 heterocycles. The van der Waals surface area contributed by atoms with Gasteiger partial charge in [-0.1, -0.05) is 26.0 Å². The number of aromatic nitrogens is 4. The number of carbonyl (C=O) groups excluding carboxylic acids is 2. The number of methoxy groups -OCH3 is 1. The Morgan fingerprint density at radius 3 is 2.70 bits per heavy atom. The van der Waals surface area contributed by atoms with Gasteiger partial charge in [-0.05, 0) is 22.4 Å². The van der Waals surface area contributed by atoms with E-state index in [2.05, 4.69) is 20.6 Å². The summed E-state index contributed by atoms with van der Waals surface area (Å²) in [4.78, 5) is 38.5. The number of ether oxygens (including phenoxy) is 1. The van der Waals surface area contributed by atoms with Crippen LogP contribution in [0.25, 0.3) is 5.69 Å². The third-order valence-corrected chi connectivity index (χ3v) is 5.30. The van der Waals surface area contributed by atoms with E-state index < -0.39 is 12.0 Å². The van der Waals surface area contributed by atoms with Crippen molar-refractivity contribution in [1.82, 2.24) is 25.3 Å². The van der Waals surface area contributed by atoms with E-state index in [1.165, 1.54) is 35.4 Å². The molecule has 0 aliphatic carbocycles. The van der Waals surface area contributed by atoms with E-state index in [4.69, 9.17) is 4.74 Å². The van der Waals surface area contributed by atoms with Gasteiger partial charge in [-0.25, -0.2) is 9.48 Å². The smallest absolute Gasteiger partial charge is 0.338 e. The molecule has 1 atom stereocenters. The van der Waals surface area contributed by atoms with Gasteiger partial charge in [-0.3, -0.25) is 9.59 Å². The predicted octanol–water partition coefficient (Wildman–Crippen LogP) is 2.25. The van der Waals surface area contributed by atoms with Crippen molar-refractivity contribution in [2.45, 2.75) is 33.2 Å². The molecule has 30 heavy (non-hydrogen) atoms. The zero-order valence-corrected chi connectivity index (χ0v) is 17.9. The Morgan fingerprint density at radius 2 is 2.07 bits per heavy atom. The van der Waals surface area contributed by atoms with E-state index in [-0.39, 0.29) is 23.3 Å². The molecule has 0 bridgehead atoms. The topological polar surface area (TPSA) is 119 Å². The highest BCUT2D eigenvalue weighted by molar-refractivity contribution is 7.08. The second kappa shape index (κ2) is 8.62. The predicted molar refractivity (Wildman–Crippen MR) is 112 cm³/mol. The number of carbonyl (C=O) groups is 2. The third-order valence-electron chi connectivity index (χ3n) is 4.51. The molecule has 2 N–H and O–H groups in total. The van der Waals surface area contributed by atoms with E-state index in [1.54, 1.807) is 23.0 Å². The number of nitrogens with one attached hydrogen (secondary N) is 2. The molecule has 1 amide bonds. The number of H-pyrrole nitrogens is 1. The molecule has 3 rings (SSSR count). The Hall–Kier alpha value is -3.27. The summed E-state index contributed by atoms with van der Waals surface area (Å²) in [5, 5.41) is 14.8. The average Bonchev–Trinajstić information content (AvgIpc) is 3.35. The molecule has 0 aliphatic heterocycles. The van der Waals surface area contributed by atoms with Crippen LogP contribution in [0.3, 0.4) is 0 Å². The van der Waals surface area contributed by atoms with Gasteiger partial charge in [0.1, 0.15) is 5.69 Å². The average molecular weight is 430 g/mol. The van der Waals surface area contributed by atoms with Gasteiger partial charge in [0.15, 0.2) is 0 Å². The molecule has 9 nitrogen and oxygen atoms in total. The number of pyridine rings is 1. The van der Waals surface area contributed by atoms with Gasteiger partial charge in [-0.15, -0.1) is 5.10 Å². The molecule has 3 aromatic rings. The van der Waals surface area contributed by atoms with Crippen LogP contribution in [-0.2, 0) is 16.0 Å². The zero-order valence-electron chi connectivity index (χ0n) is 17.1. The second-order valence-electron chi connectivity index (χ2n) is 7.84. The summed E-state index contributed by atoms with van der Waals surface area (Å²) in [5.41, 5.74) is 1.69. The van der Waals surface area contributed by atoms with Crippen LogP contribution >= 0.6 is 11.3 Å². The van der Waals surface area contributed by atoms with Gasteiger partial charge >= 0.3 is 5.97 Å². The number of aromatic amines is 1. The van der Waals surface area contributed by atoms with Gasteiger partial charge in [-0.2, -0.15) is 11.3 Å². The molecule has 0 aliphatic rings. The SMILES string of the molecule is COC(=O)c1cscc1CC(=O)NC(c1cn(-c2ccc(=O)[nH]c2)nn1)C(C)(C)C. The monoisotopic (exact) mass is 429 g/mol. The highest BCUT2D eigenvalue weighted by atomic mass is 32.1. The molecule has 0 saturated heterocycles. The number of thiophene rings is 1. The summed E-state index contributed by atoms with van der Waals surface area (Å²) in [7, 11) is 1.31. The lowest BCUT2D eigenvalue weighted by Crippen LogP contribution is -2.37. The summed E-state index contributed by atoms with van der Waals surface area (Å²) < 4.78 is 6.30. The number of rotatable bonds is 6. The quantitative estimate of drug-likeness (QED) is 0.580. The van der Waals surface area contributed by atoms with Crippen LogP contribution in [0.15, 0.2) is 40.1 Å². The maximum absolute atomic E-state index is 12.8. The molecule has 158 valence electrons. The van der Waals surface area contributed by atoms with Crippen LogP contribution in [0.5, 0.6) is 0 Å². The standard InChI is InChI=1S/C20H23N5O4S/c1-20(2,3)18(15-9-25(24-23-15)13-5-6-16(26)21-8-13)22-17(27)7-12-10-30-11-14(12)19(28)29-4/h5-6,8-11,18H,7H2,1-4H3,(H,21,26)(H,22,27). The Bertz CT molecular complexity index is 1090. The third kappa shape index (κ3) is 4.82. The summed E-state index contributed by atoms with van der Waals surface area (Å²) in [6, 6.07) is 2.62. The maximum Gasteiger partial charge on any atom is 0.338 e. The van der Waals surface area contributed by atoms with E-state index >= 15 is 0 Å². The molecule has 0 fully saturated rings. The number of hydrogen-bond donors (Lipinski definition) is 2. The lowest BCUT2D eigenvalue weighted by atomic mass is 9.85. The lowest BCUT2D eigenvalue weighted by Gasteiger charge is -2.29. The minimum atomic E-state index is -0.463. The fourth-order valence-corrected chi connectivity index (χ4v) is 3.77. The van der Waals surface area contributed by atoms with Crippen molar-refractivity contribution in [3.63, 3.8) is 0 Å². The van der Waals surface area contributed by atoms with Crippen LogP contribution < -0.4 is 10.9 Å². The fraction of sp³-hybridized carbons (Fsp3) is 0.350. The number of nitrogens with zero attached hydrogens (tertiary/aromatic N) is 3. The van der Waals surface area contributed by atoms with E-state index in [0.717, 1.165) is 0 Å². The Morgan fingerprint density at radius 1 is 1.30 bits per heavy atom. The van der Waals surface area contributed by atoms with Gasteiger partial charge in [0.05, 0.1) is 37.0 Å². The highest BCUT2D eigenvalue weighted by Crippen LogP contribution is 2.32. The molecule has 0 radical (unpaired) electrons. The minimum absolute atomic E-state index is 0.0502. The van der Waals surface area contributed by atoms with Crippen molar-refractivity contribution >= 4 is 23.2 Å². The van der Waals surface area contributed by atoms with Crippen LogP contribution in [0.2, 0.25) is 0 Å². The van der Waals surface area contributed by atoms with Gasteiger partial charge < -0.3 is 15.0 Å².